The average molecular weight is 436 g/mol. The maximum absolute atomic E-state index is 13.5. The van der Waals surface area contributed by atoms with E-state index in [1.807, 2.05) is 0 Å². The molecule has 0 radical (unpaired) electrons. The molecule has 2 aromatic carbocycles. The third-order valence-corrected chi connectivity index (χ3v) is 5.46. The number of nitrogens with zero attached hydrogens (tertiary/aromatic N) is 1. The number of anilines is 1. The molecule has 0 heterocycles. The molecular weight excluding hydrogens is 412 g/mol. The molecule has 31 heavy (non-hydrogen) atoms. The van der Waals surface area contributed by atoms with Crippen molar-refractivity contribution < 1.29 is 27.8 Å². The van der Waals surface area contributed by atoms with Gasteiger partial charge >= 0.3 is 6.18 Å². The Bertz CT molecular complexity index is 905. The molecule has 3 unspecified atom stereocenters. The maximum Gasteiger partial charge on any atom is 0.416 e. The Kier molecular flexibility index (Phi) is 7.21. The Morgan fingerprint density at radius 1 is 1.06 bits per heavy atom. The van der Waals surface area contributed by atoms with E-state index in [0.717, 1.165) is 42.7 Å². The van der Waals surface area contributed by atoms with Gasteiger partial charge in [-0.2, -0.15) is 13.2 Å². The van der Waals surface area contributed by atoms with Gasteiger partial charge in [0.1, 0.15) is 12.0 Å². The second-order valence-corrected chi connectivity index (χ2v) is 7.58. The molecule has 0 aromatic heterocycles. The highest BCUT2D eigenvalue weighted by molar-refractivity contribution is 5.53. The van der Waals surface area contributed by atoms with Gasteiger partial charge in [0.15, 0.2) is 6.23 Å². The van der Waals surface area contributed by atoms with Crippen LogP contribution >= 0.6 is 0 Å². The highest BCUT2D eigenvalue weighted by Gasteiger charge is 2.36. The number of hydrogen-bond acceptors (Lipinski definition) is 4. The van der Waals surface area contributed by atoms with E-state index < -0.39 is 36.1 Å². The topological polar surface area (TPSA) is 55.7 Å². The zero-order valence-corrected chi connectivity index (χ0v) is 16.7. The summed E-state index contributed by atoms with van der Waals surface area (Å²) >= 11 is 0. The summed E-state index contributed by atoms with van der Waals surface area (Å²) in [4.78, 5) is 1.13. The van der Waals surface area contributed by atoms with Crippen molar-refractivity contribution in [2.24, 2.45) is 0 Å². The molecule has 1 fully saturated rings. The Morgan fingerprint density at radius 3 is 2.29 bits per heavy atom. The number of benzene rings is 2. The van der Waals surface area contributed by atoms with Gasteiger partial charge in [-0.05, 0) is 48.7 Å². The predicted octanol–water partition coefficient (Wildman–Crippen LogP) is 4.19. The molecule has 1 aliphatic rings. The van der Waals surface area contributed by atoms with Crippen LogP contribution in [0.3, 0.4) is 0 Å². The van der Waals surface area contributed by atoms with Crippen LogP contribution in [0.1, 0.15) is 42.9 Å². The fourth-order valence-corrected chi connectivity index (χ4v) is 3.96. The van der Waals surface area contributed by atoms with Crippen LogP contribution in [0.25, 0.3) is 0 Å². The molecule has 0 spiro atoms. The monoisotopic (exact) mass is 436 g/mol. The number of aliphatic hydroxyl groups excluding tert-OH is 2. The average Bonchev–Trinajstić information content (AvgIpc) is 3.24. The first-order valence-corrected chi connectivity index (χ1v) is 10.00. The summed E-state index contributed by atoms with van der Waals surface area (Å²) in [5.41, 5.74) is -0.566. The van der Waals surface area contributed by atoms with Gasteiger partial charge in [0.05, 0.1) is 11.6 Å². The minimum atomic E-state index is -4.60. The zero-order valence-electron chi connectivity index (χ0n) is 16.7. The summed E-state index contributed by atoms with van der Waals surface area (Å²) in [6, 6.07) is 8.45. The number of alkyl halides is 3. The maximum atomic E-state index is 13.5. The number of hydrogen-bond donors (Lipinski definition) is 3. The van der Waals surface area contributed by atoms with E-state index in [1.165, 1.54) is 36.4 Å². The largest absolute Gasteiger partial charge is 0.416 e. The van der Waals surface area contributed by atoms with Gasteiger partial charge in [-0.1, -0.05) is 37.0 Å². The van der Waals surface area contributed by atoms with Crippen LogP contribution in [-0.4, -0.2) is 28.7 Å². The van der Waals surface area contributed by atoms with Crippen LogP contribution < -0.4 is 10.2 Å². The number of aliphatic hydroxyl groups is 2. The van der Waals surface area contributed by atoms with E-state index in [4.69, 9.17) is 6.42 Å². The lowest BCUT2D eigenvalue weighted by Crippen LogP contribution is -2.50. The van der Waals surface area contributed by atoms with Crippen molar-refractivity contribution in [3.63, 3.8) is 0 Å². The first kappa shape index (κ1) is 23.1. The van der Waals surface area contributed by atoms with Crippen molar-refractivity contribution >= 4 is 5.69 Å². The molecule has 3 N–H and O–H groups in total. The molecule has 3 rings (SSSR count). The van der Waals surface area contributed by atoms with Crippen molar-refractivity contribution in [2.45, 2.75) is 56.4 Å². The lowest BCUT2D eigenvalue weighted by Gasteiger charge is -2.39. The molecule has 1 aliphatic carbocycles. The quantitative estimate of drug-likeness (QED) is 0.346. The molecule has 0 aliphatic heterocycles. The van der Waals surface area contributed by atoms with Crippen molar-refractivity contribution in [1.82, 2.24) is 5.32 Å². The van der Waals surface area contributed by atoms with Crippen molar-refractivity contribution in [3.05, 3.63) is 65.5 Å². The summed E-state index contributed by atoms with van der Waals surface area (Å²) < 4.78 is 53.4. The van der Waals surface area contributed by atoms with E-state index >= 15 is 0 Å². The Balaban J connectivity index is 2.07. The molecule has 1 saturated carbocycles. The Morgan fingerprint density at radius 2 is 1.71 bits per heavy atom. The minimum Gasteiger partial charge on any atom is -0.376 e. The first-order chi connectivity index (χ1) is 14.7. The van der Waals surface area contributed by atoms with Gasteiger partial charge in [-0.3, -0.25) is 5.32 Å². The predicted molar refractivity (Wildman–Crippen MR) is 109 cm³/mol. The first-order valence-electron chi connectivity index (χ1n) is 10.00. The zero-order chi connectivity index (χ0) is 22.6. The van der Waals surface area contributed by atoms with Gasteiger partial charge < -0.3 is 15.1 Å². The fraction of sp³-hybridized carbons (Fsp3) is 0.391. The smallest absolute Gasteiger partial charge is 0.376 e. The molecule has 3 atom stereocenters. The van der Waals surface area contributed by atoms with Crippen molar-refractivity contribution in [2.75, 3.05) is 4.90 Å². The summed E-state index contributed by atoms with van der Waals surface area (Å²) in [6.45, 7) is 0. The van der Waals surface area contributed by atoms with Crippen LogP contribution in [0, 0.1) is 18.2 Å². The molecule has 8 heteroatoms. The van der Waals surface area contributed by atoms with Crippen LogP contribution in [0.15, 0.2) is 48.5 Å². The van der Waals surface area contributed by atoms with Crippen LogP contribution in [-0.2, 0) is 6.18 Å². The van der Waals surface area contributed by atoms with Crippen LogP contribution in [0.2, 0.25) is 0 Å². The van der Waals surface area contributed by atoms with E-state index in [-0.39, 0.29) is 11.7 Å². The van der Waals surface area contributed by atoms with Gasteiger partial charge in [0.2, 0.25) is 0 Å². The summed E-state index contributed by atoms with van der Waals surface area (Å²) in [6.07, 6.45) is 1.56. The summed E-state index contributed by atoms with van der Waals surface area (Å²) in [5.74, 6) is 1.61. The van der Waals surface area contributed by atoms with Gasteiger partial charge in [0.25, 0.3) is 0 Å². The van der Waals surface area contributed by atoms with Gasteiger partial charge in [-0.15, -0.1) is 6.42 Å². The standard InChI is InChI=1S/C23H24F4N2O2/c1-2-20(30)29(19-9-5-6-16(14-19)23(25,26)27)21(15-10-12-17(24)13-11-15)22(31)28-18-7-3-4-8-18/h1,5-6,9-14,18,20-22,28,30-31H,3-4,7-8H2. The van der Waals surface area contributed by atoms with Gasteiger partial charge in [-0.25, -0.2) is 4.39 Å². The molecule has 0 bridgehead atoms. The minimum absolute atomic E-state index is 0.0179. The number of rotatable bonds is 7. The molecule has 166 valence electrons. The number of nitrogens with one attached hydrogen (secondary N) is 1. The number of halogens is 4. The normalized spacial score (nSPS) is 17.7. The summed E-state index contributed by atoms with van der Waals surface area (Å²) in [7, 11) is 0. The van der Waals surface area contributed by atoms with E-state index in [9.17, 15) is 27.8 Å². The van der Waals surface area contributed by atoms with Crippen molar-refractivity contribution in [1.29, 1.82) is 0 Å². The van der Waals surface area contributed by atoms with Crippen LogP contribution in [0.4, 0.5) is 23.2 Å². The molecular formula is C23H24F4N2O2. The molecule has 0 amide bonds. The van der Waals surface area contributed by atoms with E-state index in [2.05, 4.69) is 11.2 Å². The SMILES string of the molecule is C#CC(O)N(c1cccc(C(F)(F)F)c1)C(c1ccc(F)cc1)C(O)NC1CCCC1. The fourth-order valence-electron chi connectivity index (χ4n) is 3.96. The van der Waals surface area contributed by atoms with Crippen molar-refractivity contribution in [3.8, 4) is 12.3 Å². The Labute approximate surface area is 178 Å². The van der Waals surface area contributed by atoms with Crippen LogP contribution in [0.5, 0.6) is 0 Å². The van der Waals surface area contributed by atoms with E-state index in [0.29, 0.717) is 5.56 Å². The lowest BCUT2D eigenvalue weighted by atomic mass is 10.0. The van der Waals surface area contributed by atoms with E-state index in [1.54, 1.807) is 0 Å². The number of terminal acetylenes is 1. The second kappa shape index (κ2) is 9.69. The highest BCUT2D eigenvalue weighted by Crippen LogP contribution is 2.36. The van der Waals surface area contributed by atoms with Gasteiger partial charge in [0, 0.05) is 11.7 Å². The summed E-state index contributed by atoms with van der Waals surface area (Å²) in [5, 5.41) is 24.7. The highest BCUT2D eigenvalue weighted by atomic mass is 19.4. The molecule has 4 nitrogen and oxygen atoms in total. The second-order valence-electron chi connectivity index (χ2n) is 7.58. The third-order valence-electron chi connectivity index (χ3n) is 5.46. The molecule has 2 aromatic rings. The lowest BCUT2D eigenvalue weighted by molar-refractivity contribution is -0.137. The molecule has 0 saturated heterocycles. The third kappa shape index (κ3) is 5.56. The Hall–Kier alpha value is -2.60.